The maximum absolute atomic E-state index is 13.1. The van der Waals surface area contributed by atoms with Crippen LogP contribution in [0.1, 0.15) is 73.0 Å². The van der Waals surface area contributed by atoms with E-state index in [1.54, 1.807) is 6.07 Å². The lowest BCUT2D eigenvalue weighted by Gasteiger charge is -2.35. The summed E-state index contributed by atoms with van der Waals surface area (Å²) in [6.45, 7) is 0.926. The van der Waals surface area contributed by atoms with E-state index in [0.717, 1.165) is 67.5 Å². The molecule has 2 N–H and O–H groups in total. The van der Waals surface area contributed by atoms with Gasteiger partial charge in [-0.15, -0.1) is 0 Å². The van der Waals surface area contributed by atoms with Crippen LogP contribution >= 0.6 is 0 Å². The molecular weight excluding hydrogens is 432 g/mol. The van der Waals surface area contributed by atoms with Crippen molar-refractivity contribution in [1.29, 1.82) is 0 Å². The molecule has 2 amide bonds. The highest BCUT2D eigenvalue weighted by Crippen LogP contribution is 2.30. The highest BCUT2D eigenvalue weighted by Gasteiger charge is 2.30. The Hall–Kier alpha value is -3.20. The third-order valence-corrected chi connectivity index (χ3v) is 7.04. The van der Waals surface area contributed by atoms with Crippen LogP contribution in [0, 0.1) is 0 Å². The summed E-state index contributed by atoms with van der Waals surface area (Å²) in [4.78, 5) is 32.1. The van der Waals surface area contributed by atoms with Crippen LogP contribution in [-0.4, -0.2) is 55.7 Å². The van der Waals surface area contributed by atoms with Gasteiger partial charge in [-0.3, -0.25) is 14.7 Å². The summed E-state index contributed by atoms with van der Waals surface area (Å²) in [5.74, 6) is 0.583. The summed E-state index contributed by atoms with van der Waals surface area (Å²) >= 11 is 0. The summed E-state index contributed by atoms with van der Waals surface area (Å²) in [6, 6.07) is 9.83. The number of likely N-dealkylation sites (tertiary alicyclic amines) is 1. The van der Waals surface area contributed by atoms with E-state index in [1.807, 2.05) is 40.8 Å². The average Bonchev–Trinajstić information content (AvgIpc) is 3.61. The minimum absolute atomic E-state index is 0.0110. The number of H-pyrrole nitrogens is 1. The largest absolute Gasteiger partial charge is 0.364 e. The van der Waals surface area contributed by atoms with Crippen molar-refractivity contribution in [3.8, 4) is 0 Å². The number of aromatic nitrogens is 4. The number of hydrogen-bond donors (Lipinski definition) is 2. The second kappa shape index (κ2) is 9.97. The molecule has 3 heterocycles. The molecule has 1 aromatic carbocycles. The maximum Gasteiger partial charge on any atom is 0.271 e. The van der Waals surface area contributed by atoms with Gasteiger partial charge >= 0.3 is 0 Å². The van der Waals surface area contributed by atoms with Gasteiger partial charge in [0.2, 0.25) is 5.91 Å². The van der Waals surface area contributed by atoms with Crippen LogP contribution in [0.25, 0.3) is 11.0 Å². The Labute approximate surface area is 198 Å². The molecule has 2 aliphatic rings. The first-order chi connectivity index (χ1) is 16.6. The van der Waals surface area contributed by atoms with E-state index in [4.69, 9.17) is 4.74 Å². The molecule has 1 atom stereocenters. The Morgan fingerprint density at radius 2 is 1.94 bits per heavy atom. The molecule has 1 unspecified atom stereocenters. The Balaban J connectivity index is 1.20. The van der Waals surface area contributed by atoms with Crippen molar-refractivity contribution >= 4 is 22.8 Å². The first-order valence-electron chi connectivity index (χ1n) is 12.2. The quantitative estimate of drug-likeness (QED) is 0.559. The van der Waals surface area contributed by atoms with Gasteiger partial charge in [-0.1, -0.05) is 25.0 Å². The molecule has 9 nitrogen and oxygen atoms in total. The molecule has 3 aromatic rings. The van der Waals surface area contributed by atoms with Crippen LogP contribution in [0.3, 0.4) is 0 Å². The average molecular weight is 465 g/mol. The van der Waals surface area contributed by atoms with Gasteiger partial charge in [0.1, 0.15) is 24.7 Å². The topological polar surface area (TPSA) is 105 Å². The molecule has 2 aromatic heterocycles. The van der Waals surface area contributed by atoms with Gasteiger partial charge in [0.05, 0.1) is 22.8 Å². The van der Waals surface area contributed by atoms with Gasteiger partial charge in [0.15, 0.2) is 0 Å². The highest BCUT2D eigenvalue weighted by atomic mass is 16.5. The Morgan fingerprint density at radius 3 is 2.76 bits per heavy atom. The molecule has 1 aliphatic heterocycles. The fourth-order valence-electron chi connectivity index (χ4n) is 5.14. The molecule has 1 saturated carbocycles. The highest BCUT2D eigenvalue weighted by molar-refractivity contribution is 5.92. The summed E-state index contributed by atoms with van der Waals surface area (Å²) in [5, 5.41) is 10.3. The number of rotatable bonds is 7. The zero-order valence-electron chi connectivity index (χ0n) is 19.6. The number of amides is 2. The fourth-order valence-corrected chi connectivity index (χ4v) is 5.14. The number of nitrogens with one attached hydrogen (secondary N) is 2. The third-order valence-electron chi connectivity index (χ3n) is 7.04. The number of para-hydroxylation sites is 2. The molecule has 1 saturated heterocycles. The van der Waals surface area contributed by atoms with Crippen molar-refractivity contribution in [3.05, 3.63) is 47.5 Å². The molecule has 180 valence electrons. The van der Waals surface area contributed by atoms with Crippen molar-refractivity contribution < 1.29 is 14.3 Å². The smallest absolute Gasteiger partial charge is 0.271 e. The standard InChI is InChI=1S/C25H32N6O3/c1-30-21-11-5-4-10-18(21)27-23(30)15-34-16-24(32)31-13-7-6-12-22(31)19-14-20(29-28-19)25(33)26-17-8-2-3-9-17/h4-5,10-11,14,17,22H,2-3,6-9,12-13,15-16H2,1H3,(H,26,33)(H,28,29). The number of benzene rings is 1. The van der Waals surface area contributed by atoms with E-state index in [1.165, 1.54) is 0 Å². The first kappa shape index (κ1) is 22.6. The number of fused-ring (bicyclic) bond motifs is 1. The number of piperidine rings is 1. The van der Waals surface area contributed by atoms with Gasteiger partial charge < -0.3 is 19.5 Å². The van der Waals surface area contributed by atoms with Gasteiger partial charge in [0.25, 0.3) is 5.91 Å². The Morgan fingerprint density at radius 1 is 1.15 bits per heavy atom. The second-order valence-corrected chi connectivity index (χ2v) is 9.33. The minimum Gasteiger partial charge on any atom is -0.364 e. The van der Waals surface area contributed by atoms with Crippen LogP contribution in [0.5, 0.6) is 0 Å². The van der Waals surface area contributed by atoms with Crippen molar-refractivity contribution in [1.82, 2.24) is 30.0 Å². The van der Waals surface area contributed by atoms with E-state index < -0.39 is 0 Å². The van der Waals surface area contributed by atoms with Crippen LogP contribution in [0.15, 0.2) is 30.3 Å². The maximum atomic E-state index is 13.1. The number of carbonyl (C=O) groups is 2. The second-order valence-electron chi connectivity index (χ2n) is 9.33. The van der Waals surface area contributed by atoms with Crippen molar-refractivity contribution in [2.75, 3.05) is 13.2 Å². The van der Waals surface area contributed by atoms with E-state index in [9.17, 15) is 9.59 Å². The fraction of sp³-hybridized carbons (Fsp3) is 0.520. The minimum atomic E-state index is -0.145. The van der Waals surface area contributed by atoms with Gasteiger partial charge in [-0.05, 0) is 50.3 Å². The van der Waals surface area contributed by atoms with Crippen LogP contribution < -0.4 is 5.32 Å². The van der Waals surface area contributed by atoms with Crippen molar-refractivity contribution in [2.45, 2.75) is 63.6 Å². The summed E-state index contributed by atoms with van der Waals surface area (Å²) in [6.07, 6.45) is 7.20. The van der Waals surface area contributed by atoms with Crippen LogP contribution in [0.2, 0.25) is 0 Å². The zero-order valence-corrected chi connectivity index (χ0v) is 19.6. The Bertz CT molecular complexity index is 1160. The van der Waals surface area contributed by atoms with E-state index in [0.29, 0.717) is 12.2 Å². The molecule has 0 spiro atoms. The number of imidazole rings is 1. The number of carbonyl (C=O) groups excluding carboxylic acids is 2. The van der Waals surface area contributed by atoms with Crippen LogP contribution in [0.4, 0.5) is 0 Å². The zero-order chi connectivity index (χ0) is 23.5. The number of nitrogens with zero attached hydrogens (tertiary/aromatic N) is 4. The lowest BCUT2D eigenvalue weighted by atomic mass is 9.99. The normalized spacial score (nSPS) is 19.1. The van der Waals surface area contributed by atoms with Crippen LogP contribution in [-0.2, 0) is 23.2 Å². The van der Waals surface area contributed by atoms with Gasteiger partial charge in [-0.25, -0.2) is 4.98 Å². The van der Waals surface area contributed by atoms with Crippen molar-refractivity contribution in [3.63, 3.8) is 0 Å². The summed E-state index contributed by atoms with van der Waals surface area (Å²) in [7, 11) is 1.95. The number of hydrogen-bond acceptors (Lipinski definition) is 5. The monoisotopic (exact) mass is 464 g/mol. The molecule has 0 radical (unpaired) electrons. The number of aryl methyl sites for hydroxylation is 1. The first-order valence-corrected chi connectivity index (χ1v) is 12.2. The number of ether oxygens (including phenoxy) is 1. The number of aromatic amines is 1. The molecule has 34 heavy (non-hydrogen) atoms. The predicted octanol–water partition coefficient (Wildman–Crippen LogP) is 3.24. The van der Waals surface area contributed by atoms with E-state index in [2.05, 4.69) is 20.5 Å². The molecule has 9 heteroatoms. The van der Waals surface area contributed by atoms with Gasteiger partial charge in [-0.2, -0.15) is 5.10 Å². The summed E-state index contributed by atoms with van der Waals surface area (Å²) in [5.41, 5.74) is 3.14. The lowest BCUT2D eigenvalue weighted by Crippen LogP contribution is -2.40. The van der Waals surface area contributed by atoms with Crippen molar-refractivity contribution in [2.24, 2.45) is 7.05 Å². The molecule has 0 bridgehead atoms. The Kier molecular flexibility index (Phi) is 6.62. The lowest BCUT2D eigenvalue weighted by molar-refractivity contribution is -0.140. The van der Waals surface area contributed by atoms with Gasteiger partial charge in [0, 0.05) is 19.6 Å². The SMILES string of the molecule is Cn1c(COCC(=O)N2CCCCC2c2cc(C(=O)NC3CCCC3)n[nH]2)nc2ccccc21. The van der Waals surface area contributed by atoms with E-state index >= 15 is 0 Å². The molecular formula is C25H32N6O3. The third kappa shape index (κ3) is 4.70. The molecule has 5 rings (SSSR count). The van der Waals surface area contributed by atoms with E-state index in [-0.39, 0.29) is 37.1 Å². The molecule has 2 fully saturated rings. The molecule has 1 aliphatic carbocycles. The summed E-state index contributed by atoms with van der Waals surface area (Å²) < 4.78 is 7.77. The predicted molar refractivity (Wildman–Crippen MR) is 127 cm³/mol.